The van der Waals surface area contributed by atoms with Gasteiger partial charge in [0.15, 0.2) is 0 Å². The van der Waals surface area contributed by atoms with Crippen molar-refractivity contribution in [1.82, 2.24) is 15.1 Å². The maximum atomic E-state index is 5.22. The molecule has 0 bridgehead atoms. The van der Waals surface area contributed by atoms with Crippen LogP contribution >= 0.6 is 0 Å². The molecule has 0 saturated heterocycles. The van der Waals surface area contributed by atoms with Crippen LogP contribution in [0, 0.1) is 11.8 Å². The lowest BCUT2D eigenvalue weighted by Crippen LogP contribution is -2.35. The van der Waals surface area contributed by atoms with Crippen LogP contribution in [0.25, 0.3) is 0 Å². The third-order valence-electron chi connectivity index (χ3n) is 4.27. The second-order valence-electron chi connectivity index (χ2n) is 5.65. The van der Waals surface area contributed by atoms with Crippen LogP contribution in [0.3, 0.4) is 0 Å². The normalized spacial score (nSPS) is 28.3. The summed E-state index contributed by atoms with van der Waals surface area (Å²) in [7, 11) is 3.59. The number of nitrogens with zero attached hydrogens (tertiary/aromatic N) is 2. The lowest BCUT2D eigenvalue weighted by atomic mass is 9.79. The number of aromatic nitrogens is 2. The van der Waals surface area contributed by atoms with Crippen molar-refractivity contribution >= 4 is 0 Å². The number of nitrogens with one attached hydrogen (secondary N) is 1. The number of hydrogen-bond acceptors (Lipinski definition) is 3. The zero-order valence-corrected chi connectivity index (χ0v) is 11.9. The van der Waals surface area contributed by atoms with E-state index in [0.29, 0.717) is 6.04 Å². The smallest absolute Gasteiger partial charge is 0.211 e. The molecule has 2 rings (SSSR count). The van der Waals surface area contributed by atoms with Crippen LogP contribution in [-0.2, 0) is 13.6 Å². The second-order valence-corrected chi connectivity index (χ2v) is 5.65. The maximum Gasteiger partial charge on any atom is 0.211 e. The van der Waals surface area contributed by atoms with E-state index in [-0.39, 0.29) is 0 Å². The Kier molecular flexibility index (Phi) is 4.27. The molecule has 0 aliphatic heterocycles. The number of aryl methyl sites for hydroxylation is 1. The van der Waals surface area contributed by atoms with Crippen molar-refractivity contribution in [3.8, 4) is 5.88 Å². The van der Waals surface area contributed by atoms with Gasteiger partial charge in [-0.05, 0) is 31.1 Å². The Morgan fingerprint density at radius 3 is 2.78 bits per heavy atom. The molecule has 3 atom stereocenters. The molecule has 18 heavy (non-hydrogen) atoms. The molecule has 0 aromatic carbocycles. The van der Waals surface area contributed by atoms with E-state index >= 15 is 0 Å². The molecule has 1 heterocycles. The van der Waals surface area contributed by atoms with Crippen LogP contribution in [0.1, 0.15) is 38.8 Å². The second kappa shape index (κ2) is 5.74. The predicted molar refractivity (Wildman–Crippen MR) is 72.6 cm³/mol. The average molecular weight is 251 g/mol. The van der Waals surface area contributed by atoms with Gasteiger partial charge in [0.1, 0.15) is 0 Å². The summed E-state index contributed by atoms with van der Waals surface area (Å²) in [5.41, 5.74) is 1.06. The zero-order chi connectivity index (χ0) is 13.1. The van der Waals surface area contributed by atoms with Gasteiger partial charge in [-0.1, -0.05) is 13.8 Å². The van der Waals surface area contributed by atoms with Gasteiger partial charge >= 0.3 is 0 Å². The van der Waals surface area contributed by atoms with Crippen molar-refractivity contribution in [1.29, 1.82) is 0 Å². The highest BCUT2D eigenvalue weighted by molar-refractivity contribution is 5.15. The number of ether oxygens (including phenoxy) is 1. The van der Waals surface area contributed by atoms with E-state index in [9.17, 15) is 0 Å². The molecule has 4 nitrogen and oxygen atoms in total. The van der Waals surface area contributed by atoms with Crippen molar-refractivity contribution in [3.63, 3.8) is 0 Å². The zero-order valence-electron chi connectivity index (χ0n) is 11.9. The fraction of sp³-hybridized carbons (Fsp3) is 0.786. The Hall–Kier alpha value is -1.03. The molecule has 1 aliphatic rings. The van der Waals surface area contributed by atoms with Gasteiger partial charge in [-0.15, -0.1) is 0 Å². The van der Waals surface area contributed by atoms with Crippen molar-refractivity contribution < 1.29 is 4.74 Å². The first-order valence-electron chi connectivity index (χ1n) is 6.90. The predicted octanol–water partition coefficient (Wildman–Crippen LogP) is 2.34. The Labute approximate surface area is 110 Å². The highest BCUT2D eigenvalue weighted by Crippen LogP contribution is 2.29. The molecule has 1 aromatic heterocycles. The molecule has 1 saturated carbocycles. The molecule has 0 radical (unpaired) electrons. The average Bonchev–Trinajstić information content (AvgIpc) is 2.71. The molecular formula is C14H25N3O. The van der Waals surface area contributed by atoms with Crippen molar-refractivity contribution in [2.75, 3.05) is 7.11 Å². The van der Waals surface area contributed by atoms with Crippen LogP contribution in [0.4, 0.5) is 0 Å². The van der Waals surface area contributed by atoms with Gasteiger partial charge in [0.25, 0.3) is 0 Å². The summed E-state index contributed by atoms with van der Waals surface area (Å²) in [5.74, 6) is 2.52. The highest BCUT2D eigenvalue weighted by atomic mass is 16.5. The Morgan fingerprint density at radius 1 is 1.39 bits per heavy atom. The monoisotopic (exact) mass is 251 g/mol. The van der Waals surface area contributed by atoms with Gasteiger partial charge in [0.2, 0.25) is 5.88 Å². The van der Waals surface area contributed by atoms with Gasteiger partial charge in [-0.2, -0.15) is 5.10 Å². The van der Waals surface area contributed by atoms with E-state index in [0.717, 1.165) is 30.0 Å². The van der Waals surface area contributed by atoms with Crippen molar-refractivity contribution in [2.45, 2.75) is 45.7 Å². The van der Waals surface area contributed by atoms with Crippen LogP contribution in [-0.4, -0.2) is 22.9 Å². The molecular weight excluding hydrogens is 226 g/mol. The molecule has 1 aliphatic carbocycles. The summed E-state index contributed by atoms with van der Waals surface area (Å²) in [6.45, 7) is 5.57. The fourth-order valence-electron chi connectivity index (χ4n) is 2.77. The lowest BCUT2D eigenvalue weighted by molar-refractivity contribution is 0.225. The minimum absolute atomic E-state index is 0.643. The first kappa shape index (κ1) is 13.4. The van der Waals surface area contributed by atoms with E-state index < -0.39 is 0 Å². The van der Waals surface area contributed by atoms with Gasteiger partial charge in [0.05, 0.1) is 12.8 Å². The standard InChI is InChI=1S/C14H25N3O/c1-10-5-6-12(7-11(10)2)15-9-13-8-14(18-4)17(3)16-13/h8,10-12,15H,5-7,9H2,1-4H3. The summed E-state index contributed by atoms with van der Waals surface area (Å²) in [5, 5.41) is 8.05. The van der Waals surface area contributed by atoms with Crippen LogP contribution in [0.5, 0.6) is 5.88 Å². The Balaban J connectivity index is 1.84. The summed E-state index contributed by atoms with van der Waals surface area (Å²) in [4.78, 5) is 0. The van der Waals surface area contributed by atoms with Crippen LogP contribution < -0.4 is 10.1 Å². The topological polar surface area (TPSA) is 39.1 Å². The summed E-state index contributed by atoms with van der Waals surface area (Å²) in [6.07, 6.45) is 3.91. The van der Waals surface area contributed by atoms with Gasteiger partial charge in [0, 0.05) is 25.7 Å². The SMILES string of the molecule is COc1cc(CNC2CCC(C)C(C)C2)nn1C. The molecule has 1 fully saturated rings. The molecule has 102 valence electrons. The van der Waals surface area contributed by atoms with Crippen LogP contribution in [0.15, 0.2) is 6.07 Å². The quantitative estimate of drug-likeness (QED) is 0.892. The van der Waals surface area contributed by atoms with Crippen molar-refractivity contribution in [3.05, 3.63) is 11.8 Å². The van der Waals surface area contributed by atoms with E-state index in [1.165, 1.54) is 19.3 Å². The minimum atomic E-state index is 0.643. The number of rotatable bonds is 4. The van der Waals surface area contributed by atoms with E-state index in [2.05, 4.69) is 24.3 Å². The highest BCUT2D eigenvalue weighted by Gasteiger charge is 2.24. The maximum absolute atomic E-state index is 5.22. The molecule has 3 unspecified atom stereocenters. The number of methoxy groups -OCH3 is 1. The molecule has 1 N–H and O–H groups in total. The minimum Gasteiger partial charge on any atom is -0.481 e. The summed E-state index contributed by atoms with van der Waals surface area (Å²) in [6, 6.07) is 2.64. The summed E-state index contributed by atoms with van der Waals surface area (Å²) < 4.78 is 7.00. The number of hydrogen-bond donors (Lipinski definition) is 1. The van der Waals surface area contributed by atoms with E-state index in [4.69, 9.17) is 4.74 Å². The van der Waals surface area contributed by atoms with Crippen molar-refractivity contribution in [2.24, 2.45) is 18.9 Å². The first-order chi connectivity index (χ1) is 8.60. The van der Waals surface area contributed by atoms with Gasteiger partial charge < -0.3 is 10.1 Å². The molecule has 0 amide bonds. The summed E-state index contributed by atoms with van der Waals surface area (Å²) >= 11 is 0. The fourth-order valence-corrected chi connectivity index (χ4v) is 2.77. The third-order valence-corrected chi connectivity index (χ3v) is 4.27. The molecule has 1 aromatic rings. The Bertz CT molecular complexity index is 388. The molecule has 0 spiro atoms. The largest absolute Gasteiger partial charge is 0.481 e. The van der Waals surface area contributed by atoms with Gasteiger partial charge in [-0.3, -0.25) is 0 Å². The van der Waals surface area contributed by atoms with E-state index in [1.54, 1.807) is 11.8 Å². The van der Waals surface area contributed by atoms with Gasteiger partial charge in [-0.25, -0.2) is 4.68 Å². The first-order valence-corrected chi connectivity index (χ1v) is 6.90. The lowest BCUT2D eigenvalue weighted by Gasteiger charge is -2.32. The molecule has 4 heteroatoms. The van der Waals surface area contributed by atoms with Crippen LogP contribution in [0.2, 0.25) is 0 Å². The van der Waals surface area contributed by atoms with E-state index in [1.807, 2.05) is 13.1 Å². The third kappa shape index (κ3) is 3.05. The Morgan fingerprint density at radius 2 is 2.17 bits per heavy atom.